The molecule has 2 heterocycles. The smallest absolute Gasteiger partial charge is 0.249 e. The second-order valence-corrected chi connectivity index (χ2v) is 5.72. The van der Waals surface area contributed by atoms with Gasteiger partial charge in [0.25, 0.3) is 0 Å². The van der Waals surface area contributed by atoms with Crippen LogP contribution in [0, 0.1) is 0 Å². The molecule has 0 atom stereocenters. The summed E-state index contributed by atoms with van der Waals surface area (Å²) in [7, 11) is 0. The minimum absolute atomic E-state index is 0.0895. The Labute approximate surface area is 143 Å². The molecule has 0 unspecified atom stereocenters. The van der Waals surface area contributed by atoms with Gasteiger partial charge in [0.15, 0.2) is 0 Å². The SMILES string of the molecule is NC(=O)c1cccc2c1cc(-c1ccn[nH]1)n2-c1ccccc1CO. The lowest BCUT2D eigenvalue weighted by Crippen LogP contribution is -2.11. The number of aliphatic hydroxyl groups excluding tert-OH is 1. The number of carbonyl (C=O) groups excluding carboxylic acids is 1. The Morgan fingerprint density at radius 2 is 2.00 bits per heavy atom. The maximum atomic E-state index is 11.8. The van der Waals surface area contributed by atoms with Gasteiger partial charge in [0.2, 0.25) is 5.91 Å². The third kappa shape index (κ3) is 2.40. The number of para-hydroxylation sites is 1. The third-order valence-corrected chi connectivity index (χ3v) is 4.29. The summed E-state index contributed by atoms with van der Waals surface area (Å²) in [6.45, 7) is -0.0895. The fraction of sp³-hybridized carbons (Fsp3) is 0.0526. The summed E-state index contributed by atoms with van der Waals surface area (Å²) in [6.07, 6.45) is 1.67. The van der Waals surface area contributed by atoms with E-state index in [1.807, 2.05) is 47.0 Å². The number of rotatable bonds is 4. The van der Waals surface area contributed by atoms with E-state index in [4.69, 9.17) is 5.73 Å². The number of hydrogen-bond donors (Lipinski definition) is 3. The van der Waals surface area contributed by atoms with Crippen LogP contribution in [0.15, 0.2) is 60.8 Å². The molecule has 4 aromatic rings. The normalized spacial score (nSPS) is 11.1. The van der Waals surface area contributed by atoms with Gasteiger partial charge in [-0.15, -0.1) is 0 Å². The molecule has 0 spiro atoms. The van der Waals surface area contributed by atoms with Gasteiger partial charge in [0.1, 0.15) is 0 Å². The number of aromatic nitrogens is 3. The van der Waals surface area contributed by atoms with Crippen molar-refractivity contribution >= 4 is 16.8 Å². The van der Waals surface area contributed by atoms with Gasteiger partial charge in [-0.3, -0.25) is 9.89 Å². The summed E-state index contributed by atoms with van der Waals surface area (Å²) < 4.78 is 2.00. The highest BCUT2D eigenvalue weighted by atomic mass is 16.3. The van der Waals surface area contributed by atoms with Crippen molar-refractivity contribution in [2.45, 2.75) is 6.61 Å². The first-order valence-electron chi connectivity index (χ1n) is 7.84. The largest absolute Gasteiger partial charge is 0.392 e. The molecule has 124 valence electrons. The zero-order chi connectivity index (χ0) is 17.4. The fourth-order valence-corrected chi connectivity index (χ4v) is 3.16. The number of carbonyl (C=O) groups is 1. The molecule has 0 fully saturated rings. The van der Waals surface area contributed by atoms with E-state index in [1.165, 1.54) is 0 Å². The van der Waals surface area contributed by atoms with Gasteiger partial charge in [0, 0.05) is 22.7 Å². The maximum absolute atomic E-state index is 11.8. The van der Waals surface area contributed by atoms with Crippen molar-refractivity contribution in [3.63, 3.8) is 0 Å². The Morgan fingerprint density at radius 1 is 1.16 bits per heavy atom. The lowest BCUT2D eigenvalue weighted by atomic mass is 10.1. The van der Waals surface area contributed by atoms with Crippen molar-refractivity contribution in [2.24, 2.45) is 5.73 Å². The molecule has 2 aromatic heterocycles. The standard InChI is InChI=1S/C19H16N4O2/c20-19(25)13-5-3-7-17-14(13)10-18(15-8-9-21-22-15)23(17)16-6-2-1-4-12(16)11-24/h1-10,24H,11H2,(H2,20,25)(H,21,22). The van der Waals surface area contributed by atoms with Crippen LogP contribution in [0.1, 0.15) is 15.9 Å². The Kier molecular flexibility index (Phi) is 3.59. The first-order chi connectivity index (χ1) is 12.2. The number of fused-ring (bicyclic) bond motifs is 1. The quantitative estimate of drug-likeness (QED) is 0.536. The topological polar surface area (TPSA) is 96.9 Å². The number of amides is 1. The summed E-state index contributed by atoms with van der Waals surface area (Å²) >= 11 is 0. The Morgan fingerprint density at radius 3 is 2.72 bits per heavy atom. The van der Waals surface area contributed by atoms with E-state index in [2.05, 4.69) is 10.2 Å². The predicted molar refractivity (Wildman–Crippen MR) is 95.3 cm³/mol. The number of aromatic amines is 1. The lowest BCUT2D eigenvalue weighted by molar-refractivity contribution is 0.100. The number of benzene rings is 2. The van der Waals surface area contributed by atoms with Crippen molar-refractivity contribution < 1.29 is 9.90 Å². The summed E-state index contributed by atoms with van der Waals surface area (Å²) in [5, 5.41) is 17.5. The van der Waals surface area contributed by atoms with Gasteiger partial charge in [-0.05, 0) is 30.3 Å². The first kappa shape index (κ1) is 15.2. The predicted octanol–water partition coefficient (Wildman–Crippen LogP) is 2.61. The van der Waals surface area contributed by atoms with Crippen LogP contribution in [0.25, 0.3) is 28.0 Å². The van der Waals surface area contributed by atoms with E-state index in [0.717, 1.165) is 33.5 Å². The number of H-pyrrole nitrogens is 1. The van der Waals surface area contributed by atoms with Crippen molar-refractivity contribution in [3.05, 3.63) is 71.9 Å². The van der Waals surface area contributed by atoms with Gasteiger partial charge < -0.3 is 15.4 Å². The zero-order valence-electron chi connectivity index (χ0n) is 13.3. The molecule has 2 aromatic carbocycles. The molecule has 0 bridgehead atoms. The lowest BCUT2D eigenvalue weighted by Gasteiger charge is -2.14. The molecular weight excluding hydrogens is 316 g/mol. The molecule has 0 radical (unpaired) electrons. The molecule has 0 aliphatic rings. The fourth-order valence-electron chi connectivity index (χ4n) is 3.16. The van der Waals surface area contributed by atoms with E-state index >= 15 is 0 Å². The molecule has 0 saturated heterocycles. The zero-order valence-corrected chi connectivity index (χ0v) is 13.3. The average molecular weight is 332 g/mol. The molecule has 25 heavy (non-hydrogen) atoms. The van der Waals surface area contributed by atoms with Gasteiger partial charge in [-0.1, -0.05) is 24.3 Å². The van der Waals surface area contributed by atoms with Crippen LogP contribution >= 0.6 is 0 Å². The van der Waals surface area contributed by atoms with Crippen molar-refractivity contribution in [3.8, 4) is 17.1 Å². The van der Waals surface area contributed by atoms with Crippen molar-refractivity contribution in [1.82, 2.24) is 14.8 Å². The number of hydrogen-bond acceptors (Lipinski definition) is 3. The number of nitrogens with one attached hydrogen (secondary N) is 1. The minimum Gasteiger partial charge on any atom is -0.392 e. The van der Waals surface area contributed by atoms with Crippen molar-refractivity contribution in [2.75, 3.05) is 0 Å². The molecule has 4 rings (SSSR count). The molecule has 6 nitrogen and oxygen atoms in total. The van der Waals surface area contributed by atoms with E-state index in [9.17, 15) is 9.90 Å². The Balaban J connectivity index is 2.13. The Hall–Kier alpha value is -3.38. The number of nitrogens with zero attached hydrogens (tertiary/aromatic N) is 2. The minimum atomic E-state index is -0.477. The van der Waals surface area contributed by atoms with Crippen LogP contribution in [0.3, 0.4) is 0 Å². The van der Waals surface area contributed by atoms with Gasteiger partial charge >= 0.3 is 0 Å². The monoisotopic (exact) mass is 332 g/mol. The van der Waals surface area contributed by atoms with Crippen LogP contribution < -0.4 is 5.73 Å². The second-order valence-electron chi connectivity index (χ2n) is 5.72. The van der Waals surface area contributed by atoms with Crippen LogP contribution in [0.2, 0.25) is 0 Å². The van der Waals surface area contributed by atoms with Crippen LogP contribution in [-0.2, 0) is 6.61 Å². The summed E-state index contributed by atoms with van der Waals surface area (Å²) in [4.78, 5) is 11.8. The van der Waals surface area contributed by atoms with Crippen LogP contribution in [0.4, 0.5) is 0 Å². The first-order valence-corrected chi connectivity index (χ1v) is 7.84. The maximum Gasteiger partial charge on any atom is 0.249 e. The molecule has 0 aliphatic carbocycles. The molecule has 1 amide bonds. The number of aliphatic hydroxyl groups is 1. The molecule has 0 aliphatic heterocycles. The highest BCUT2D eigenvalue weighted by Gasteiger charge is 2.18. The van der Waals surface area contributed by atoms with Gasteiger partial charge in [-0.25, -0.2) is 0 Å². The molecular formula is C19H16N4O2. The van der Waals surface area contributed by atoms with E-state index in [1.54, 1.807) is 18.3 Å². The molecule has 4 N–H and O–H groups in total. The molecule has 6 heteroatoms. The number of nitrogens with two attached hydrogens (primary N) is 1. The van der Waals surface area contributed by atoms with Gasteiger partial charge in [-0.2, -0.15) is 5.10 Å². The van der Waals surface area contributed by atoms with E-state index in [0.29, 0.717) is 5.56 Å². The third-order valence-electron chi connectivity index (χ3n) is 4.29. The van der Waals surface area contributed by atoms with E-state index in [-0.39, 0.29) is 6.61 Å². The summed E-state index contributed by atoms with van der Waals surface area (Å²) in [6, 6.07) is 16.8. The van der Waals surface area contributed by atoms with Crippen molar-refractivity contribution in [1.29, 1.82) is 0 Å². The Bertz CT molecular complexity index is 1060. The van der Waals surface area contributed by atoms with Gasteiger partial charge in [0.05, 0.1) is 29.2 Å². The van der Waals surface area contributed by atoms with Crippen LogP contribution in [0.5, 0.6) is 0 Å². The summed E-state index contributed by atoms with van der Waals surface area (Å²) in [5.74, 6) is -0.477. The average Bonchev–Trinajstić information content (AvgIpc) is 3.28. The molecule has 0 saturated carbocycles. The second kappa shape index (κ2) is 5.92. The number of primary amides is 1. The highest BCUT2D eigenvalue weighted by molar-refractivity contribution is 6.07. The highest BCUT2D eigenvalue weighted by Crippen LogP contribution is 2.33. The van der Waals surface area contributed by atoms with Crippen LogP contribution in [-0.4, -0.2) is 25.8 Å². The van der Waals surface area contributed by atoms with E-state index < -0.39 is 5.91 Å². The summed E-state index contributed by atoms with van der Waals surface area (Å²) in [5.41, 5.74) is 10.1.